The van der Waals surface area contributed by atoms with Gasteiger partial charge in [0, 0.05) is 6.54 Å². The zero-order chi connectivity index (χ0) is 16.1. The second kappa shape index (κ2) is 4.87. The molecule has 3 rings (SSSR count). The van der Waals surface area contributed by atoms with Gasteiger partial charge in [-0.2, -0.15) is 4.39 Å². The number of likely N-dealkylation sites (tertiary alicyclic amines) is 1. The van der Waals surface area contributed by atoms with E-state index in [0.717, 1.165) is 0 Å². The third-order valence-electron chi connectivity index (χ3n) is 3.52. The highest BCUT2D eigenvalue weighted by Gasteiger charge is 2.67. The van der Waals surface area contributed by atoms with Gasteiger partial charge in [-0.15, -0.1) is 0 Å². The van der Waals surface area contributed by atoms with Crippen molar-refractivity contribution >= 4 is 11.9 Å². The molecule has 2 heterocycles. The van der Waals surface area contributed by atoms with Crippen LogP contribution in [0.5, 0.6) is 5.75 Å². The molecule has 2 aliphatic heterocycles. The first kappa shape index (κ1) is 14.6. The molecule has 2 aliphatic rings. The summed E-state index contributed by atoms with van der Waals surface area (Å²) < 4.78 is 55.2. The molecule has 0 N–H and O–H groups in total. The number of rotatable bonds is 3. The summed E-state index contributed by atoms with van der Waals surface area (Å²) in [5.41, 5.74) is 0. The van der Waals surface area contributed by atoms with E-state index in [4.69, 9.17) is 14.2 Å². The minimum atomic E-state index is -1.87. The molecule has 2 saturated heterocycles. The fourth-order valence-electron chi connectivity index (χ4n) is 2.38. The molecule has 22 heavy (non-hydrogen) atoms. The highest BCUT2D eigenvalue weighted by Crippen LogP contribution is 2.40. The largest absolute Gasteiger partial charge is 0.473 e. The van der Waals surface area contributed by atoms with Crippen LogP contribution in [0.2, 0.25) is 0 Å². The molecular weight excluding hydrogens is 307 g/mol. The molecule has 0 amide bonds. The van der Waals surface area contributed by atoms with Crippen molar-refractivity contribution in [1.82, 2.24) is 4.90 Å². The lowest BCUT2D eigenvalue weighted by molar-refractivity contribution is -0.345. The summed E-state index contributed by atoms with van der Waals surface area (Å²) >= 11 is 0. The highest BCUT2D eigenvalue weighted by atomic mass is 19.2. The summed E-state index contributed by atoms with van der Waals surface area (Å²) in [6.07, 6.45) is -1.17. The summed E-state index contributed by atoms with van der Waals surface area (Å²) in [6, 6.07) is 1.31. The van der Waals surface area contributed by atoms with Crippen LogP contribution in [0, 0.1) is 17.5 Å². The molecule has 0 radical (unpaired) electrons. The first-order valence-corrected chi connectivity index (χ1v) is 6.40. The molecule has 1 spiro atoms. The van der Waals surface area contributed by atoms with E-state index in [1.54, 1.807) is 6.92 Å². The Morgan fingerprint density at radius 3 is 2.41 bits per heavy atom. The smallest absolute Gasteiger partial charge is 0.422 e. The summed E-state index contributed by atoms with van der Waals surface area (Å²) in [5, 5.41) is 0. The molecule has 0 bridgehead atoms. The summed E-state index contributed by atoms with van der Waals surface area (Å²) in [4.78, 5) is 23.9. The standard InChI is InChI=1S/C13H10F3NO5/c1-2-17-5-8(13(17)21-11(18)12(19)22-13)20-10-7(15)4-3-6(14)9(10)16/h3-4,8H,2,5H2,1H3. The maximum Gasteiger partial charge on any atom is 0.422 e. The van der Waals surface area contributed by atoms with Crippen molar-refractivity contribution in [3.63, 3.8) is 0 Å². The SMILES string of the molecule is CCN1CC(Oc2c(F)ccc(F)c2F)C12OC(=O)C(=O)O2. The second-order valence-electron chi connectivity index (χ2n) is 4.73. The van der Waals surface area contributed by atoms with E-state index >= 15 is 0 Å². The maximum absolute atomic E-state index is 13.6. The van der Waals surface area contributed by atoms with Gasteiger partial charge in [0.05, 0.1) is 6.54 Å². The predicted molar refractivity (Wildman–Crippen MR) is 62.9 cm³/mol. The van der Waals surface area contributed by atoms with Crippen molar-refractivity contribution < 1.29 is 37.0 Å². The van der Waals surface area contributed by atoms with Crippen LogP contribution in [-0.2, 0) is 19.1 Å². The molecule has 0 saturated carbocycles. The van der Waals surface area contributed by atoms with Gasteiger partial charge in [0.1, 0.15) is 0 Å². The molecule has 0 aromatic heterocycles. The van der Waals surface area contributed by atoms with E-state index in [2.05, 4.69) is 0 Å². The first-order valence-electron chi connectivity index (χ1n) is 6.40. The molecular formula is C13H10F3NO5. The summed E-state index contributed by atoms with van der Waals surface area (Å²) in [7, 11) is 0. The van der Waals surface area contributed by atoms with Crippen molar-refractivity contribution in [2.75, 3.05) is 13.1 Å². The quantitative estimate of drug-likeness (QED) is 0.470. The number of likely N-dealkylation sites (N-methyl/N-ethyl adjacent to an activating group) is 1. The van der Waals surface area contributed by atoms with Gasteiger partial charge in [-0.25, -0.2) is 23.3 Å². The van der Waals surface area contributed by atoms with E-state index < -0.39 is 47.2 Å². The molecule has 9 heteroatoms. The highest BCUT2D eigenvalue weighted by molar-refractivity contribution is 6.31. The lowest BCUT2D eigenvalue weighted by atomic mass is 10.1. The molecule has 0 aliphatic carbocycles. The Morgan fingerprint density at radius 1 is 1.23 bits per heavy atom. The van der Waals surface area contributed by atoms with Crippen molar-refractivity contribution in [2.45, 2.75) is 18.9 Å². The Balaban J connectivity index is 1.89. The molecule has 1 aromatic carbocycles. The number of carbonyl (C=O) groups excluding carboxylic acids is 2. The van der Waals surface area contributed by atoms with Gasteiger partial charge >= 0.3 is 17.8 Å². The third-order valence-corrected chi connectivity index (χ3v) is 3.52. The van der Waals surface area contributed by atoms with Gasteiger partial charge in [-0.1, -0.05) is 6.92 Å². The molecule has 118 valence electrons. The van der Waals surface area contributed by atoms with Crippen LogP contribution in [0.3, 0.4) is 0 Å². The molecule has 1 aromatic rings. The lowest BCUT2D eigenvalue weighted by Crippen LogP contribution is -2.73. The number of hydrogen-bond acceptors (Lipinski definition) is 6. The summed E-state index contributed by atoms with van der Waals surface area (Å²) in [6.45, 7) is 2.10. The van der Waals surface area contributed by atoms with Crippen molar-refractivity contribution in [1.29, 1.82) is 0 Å². The molecule has 1 unspecified atom stereocenters. The second-order valence-corrected chi connectivity index (χ2v) is 4.73. The van der Waals surface area contributed by atoms with E-state index in [9.17, 15) is 22.8 Å². The third kappa shape index (κ3) is 1.92. The Bertz CT molecular complexity index is 649. The Hall–Kier alpha value is -2.29. The van der Waals surface area contributed by atoms with Crippen molar-refractivity contribution in [3.8, 4) is 5.75 Å². The van der Waals surface area contributed by atoms with Gasteiger partial charge < -0.3 is 14.2 Å². The van der Waals surface area contributed by atoms with E-state index in [0.29, 0.717) is 18.7 Å². The van der Waals surface area contributed by atoms with E-state index in [1.165, 1.54) is 4.90 Å². The van der Waals surface area contributed by atoms with Crippen molar-refractivity contribution in [3.05, 3.63) is 29.6 Å². The topological polar surface area (TPSA) is 65.1 Å². The van der Waals surface area contributed by atoms with Crippen LogP contribution in [0.25, 0.3) is 0 Å². The lowest BCUT2D eigenvalue weighted by Gasteiger charge is -2.50. The number of nitrogens with zero attached hydrogens (tertiary/aromatic N) is 1. The maximum atomic E-state index is 13.6. The van der Waals surface area contributed by atoms with Crippen LogP contribution in [-0.4, -0.2) is 41.9 Å². The Kier molecular flexibility index (Phi) is 3.24. The minimum Gasteiger partial charge on any atom is -0.473 e. The Morgan fingerprint density at radius 2 is 1.82 bits per heavy atom. The van der Waals surface area contributed by atoms with Gasteiger partial charge in [0.2, 0.25) is 11.9 Å². The fraction of sp³-hybridized carbons (Fsp3) is 0.385. The van der Waals surface area contributed by atoms with E-state index in [1.807, 2.05) is 0 Å². The number of esters is 2. The predicted octanol–water partition coefficient (Wildman–Crippen LogP) is 0.941. The van der Waals surface area contributed by atoms with Crippen LogP contribution >= 0.6 is 0 Å². The average molecular weight is 317 g/mol. The normalized spacial score (nSPS) is 23.2. The zero-order valence-electron chi connectivity index (χ0n) is 11.3. The van der Waals surface area contributed by atoms with Gasteiger partial charge in [-0.3, -0.25) is 0 Å². The number of ether oxygens (including phenoxy) is 3. The number of hydrogen-bond donors (Lipinski definition) is 0. The average Bonchev–Trinajstić information content (AvgIpc) is 2.80. The zero-order valence-corrected chi connectivity index (χ0v) is 11.3. The van der Waals surface area contributed by atoms with E-state index in [-0.39, 0.29) is 6.54 Å². The molecule has 6 nitrogen and oxygen atoms in total. The fourth-order valence-corrected chi connectivity index (χ4v) is 2.38. The molecule has 1 atom stereocenters. The Labute approximate surface area is 122 Å². The van der Waals surface area contributed by atoms with Gasteiger partial charge in [0.15, 0.2) is 17.4 Å². The van der Waals surface area contributed by atoms with Gasteiger partial charge in [-0.05, 0) is 12.1 Å². The van der Waals surface area contributed by atoms with Gasteiger partial charge in [0.25, 0.3) is 0 Å². The monoisotopic (exact) mass is 317 g/mol. The van der Waals surface area contributed by atoms with Crippen LogP contribution in [0.15, 0.2) is 12.1 Å². The molecule has 2 fully saturated rings. The van der Waals surface area contributed by atoms with Crippen LogP contribution in [0.4, 0.5) is 13.2 Å². The number of benzene rings is 1. The van der Waals surface area contributed by atoms with Crippen molar-refractivity contribution in [2.24, 2.45) is 0 Å². The number of halogens is 3. The van der Waals surface area contributed by atoms with Crippen LogP contribution in [0.1, 0.15) is 6.92 Å². The first-order chi connectivity index (χ1) is 10.4. The van der Waals surface area contributed by atoms with Crippen LogP contribution < -0.4 is 4.74 Å². The number of carbonyl (C=O) groups is 2. The minimum absolute atomic E-state index is 0.0758. The summed E-state index contributed by atoms with van der Waals surface area (Å²) in [5.74, 6) is -9.22.